The van der Waals surface area contributed by atoms with Gasteiger partial charge >= 0.3 is 0 Å². The van der Waals surface area contributed by atoms with Crippen LogP contribution in [0.3, 0.4) is 0 Å². The maximum atomic E-state index is 12.8. The molecule has 1 N–H and O–H groups in total. The smallest absolute Gasteiger partial charge is 0.252 e. The molecule has 0 unspecified atom stereocenters. The molecule has 0 bridgehead atoms. The molecular weight excluding hydrogens is 368 g/mol. The maximum Gasteiger partial charge on any atom is 0.252 e. The Morgan fingerprint density at radius 3 is 2.57 bits per heavy atom. The Morgan fingerprint density at radius 2 is 1.82 bits per heavy atom. The largest absolute Gasteiger partial charge is 0.347 e. The summed E-state index contributed by atoms with van der Waals surface area (Å²) >= 11 is 1.59. The number of carbonyl (C=O) groups is 1. The molecule has 2 aromatic carbocycles. The highest BCUT2D eigenvalue weighted by Crippen LogP contribution is 2.19. The molecule has 0 aliphatic rings. The first kappa shape index (κ1) is 18.2. The summed E-state index contributed by atoms with van der Waals surface area (Å²) in [4.78, 5) is 26.7. The lowest BCUT2D eigenvalue weighted by Gasteiger charge is -2.14. The van der Waals surface area contributed by atoms with E-state index in [2.05, 4.69) is 5.32 Å². The van der Waals surface area contributed by atoms with Crippen LogP contribution in [0.15, 0.2) is 76.9 Å². The van der Waals surface area contributed by atoms with E-state index in [4.69, 9.17) is 0 Å². The third kappa shape index (κ3) is 3.75. The first-order valence-corrected chi connectivity index (χ1v) is 9.98. The van der Waals surface area contributed by atoms with Crippen molar-refractivity contribution in [2.45, 2.75) is 20.0 Å². The van der Waals surface area contributed by atoms with Crippen molar-refractivity contribution in [3.63, 3.8) is 0 Å². The Morgan fingerprint density at radius 1 is 1.04 bits per heavy atom. The van der Waals surface area contributed by atoms with E-state index in [0.717, 1.165) is 21.3 Å². The van der Waals surface area contributed by atoms with Gasteiger partial charge in [0.05, 0.1) is 24.2 Å². The van der Waals surface area contributed by atoms with Gasteiger partial charge in [-0.3, -0.25) is 9.59 Å². The van der Waals surface area contributed by atoms with E-state index in [-0.39, 0.29) is 11.5 Å². The number of thiophene rings is 1. The zero-order valence-corrected chi connectivity index (χ0v) is 16.3. The number of aromatic nitrogens is 1. The second-order valence-electron chi connectivity index (χ2n) is 6.75. The highest BCUT2D eigenvalue weighted by Gasteiger charge is 2.15. The van der Waals surface area contributed by atoms with Crippen molar-refractivity contribution < 1.29 is 4.79 Å². The average Bonchev–Trinajstić information content (AvgIpc) is 3.23. The minimum absolute atomic E-state index is 0.180. The van der Waals surface area contributed by atoms with Gasteiger partial charge in [0.2, 0.25) is 0 Å². The fourth-order valence-electron chi connectivity index (χ4n) is 3.24. The van der Waals surface area contributed by atoms with Crippen molar-refractivity contribution in [1.29, 1.82) is 0 Å². The molecule has 0 radical (unpaired) electrons. The lowest BCUT2D eigenvalue weighted by Crippen LogP contribution is -2.27. The minimum atomic E-state index is -0.232. The van der Waals surface area contributed by atoms with Crippen LogP contribution in [0.25, 0.3) is 10.9 Å². The summed E-state index contributed by atoms with van der Waals surface area (Å²) in [6, 6.07) is 21.1. The van der Waals surface area contributed by atoms with E-state index < -0.39 is 0 Å². The number of benzene rings is 2. The number of para-hydroxylation sites is 1. The molecule has 0 saturated carbocycles. The SMILES string of the molecule is Cc1ccc(Cn2c(=O)cc(C(=O)NCc3cccs3)c3ccccc32)cc1. The van der Waals surface area contributed by atoms with Crippen molar-refractivity contribution in [3.05, 3.63) is 104 Å². The number of nitrogens with one attached hydrogen (secondary N) is 1. The van der Waals surface area contributed by atoms with Gasteiger partial charge in [0.25, 0.3) is 11.5 Å². The van der Waals surface area contributed by atoms with Crippen molar-refractivity contribution in [2.24, 2.45) is 0 Å². The molecule has 2 heterocycles. The number of fused-ring (bicyclic) bond motifs is 1. The molecule has 4 nitrogen and oxygen atoms in total. The van der Waals surface area contributed by atoms with Crippen LogP contribution >= 0.6 is 11.3 Å². The van der Waals surface area contributed by atoms with Crippen molar-refractivity contribution >= 4 is 28.1 Å². The standard InChI is InChI=1S/C23H20N2O2S/c1-16-8-10-17(11-9-16)15-25-21-7-3-2-6-19(21)20(13-22(25)26)23(27)24-14-18-5-4-12-28-18/h2-13H,14-15H2,1H3,(H,24,27). The van der Waals surface area contributed by atoms with Gasteiger partial charge in [-0.2, -0.15) is 0 Å². The van der Waals surface area contributed by atoms with E-state index in [1.54, 1.807) is 15.9 Å². The second-order valence-corrected chi connectivity index (χ2v) is 7.78. The summed E-state index contributed by atoms with van der Waals surface area (Å²) in [5, 5.41) is 5.67. The van der Waals surface area contributed by atoms with E-state index in [1.165, 1.54) is 11.6 Å². The van der Waals surface area contributed by atoms with E-state index in [9.17, 15) is 9.59 Å². The Labute approximate surface area is 167 Å². The van der Waals surface area contributed by atoms with Gasteiger partial charge in [0, 0.05) is 16.3 Å². The van der Waals surface area contributed by atoms with Gasteiger partial charge in [0.1, 0.15) is 0 Å². The van der Waals surface area contributed by atoms with Crippen LogP contribution in [0, 0.1) is 6.92 Å². The summed E-state index contributed by atoms with van der Waals surface area (Å²) in [7, 11) is 0. The van der Waals surface area contributed by atoms with Crippen LogP contribution < -0.4 is 10.9 Å². The third-order valence-electron chi connectivity index (χ3n) is 4.73. The lowest BCUT2D eigenvalue weighted by molar-refractivity contribution is 0.0952. The average molecular weight is 388 g/mol. The molecular formula is C23H20N2O2S. The summed E-state index contributed by atoms with van der Waals surface area (Å²) < 4.78 is 1.72. The molecule has 4 aromatic rings. The molecule has 4 rings (SSSR count). The zero-order chi connectivity index (χ0) is 19.5. The number of nitrogens with zero attached hydrogens (tertiary/aromatic N) is 1. The molecule has 5 heteroatoms. The number of aryl methyl sites for hydroxylation is 1. The number of pyridine rings is 1. The fraction of sp³-hybridized carbons (Fsp3) is 0.130. The van der Waals surface area contributed by atoms with Gasteiger partial charge in [-0.25, -0.2) is 0 Å². The molecule has 140 valence electrons. The van der Waals surface area contributed by atoms with Crippen molar-refractivity contribution in [2.75, 3.05) is 0 Å². The predicted molar refractivity (Wildman–Crippen MR) is 114 cm³/mol. The number of hydrogen-bond acceptors (Lipinski definition) is 3. The molecule has 0 fully saturated rings. The van der Waals surface area contributed by atoms with E-state index >= 15 is 0 Å². The Bertz CT molecular complexity index is 1180. The maximum absolute atomic E-state index is 12.8. The second kappa shape index (κ2) is 7.82. The zero-order valence-electron chi connectivity index (χ0n) is 15.5. The molecule has 28 heavy (non-hydrogen) atoms. The van der Waals surface area contributed by atoms with E-state index in [1.807, 2.05) is 73.0 Å². The molecule has 0 aliphatic carbocycles. The number of carbonyl (C=O) groups excluding carboxylic acids is 1. The molecule has 1 amide bonds. The lowest BCUT2D eigenvalue weighted by atomic mass is 10.1. The van der Waals surface area contributed by atoms with Crippen LogP contribution in [-0.4, -0.2) is 10.5 Å². The molecule has 0 aliphatic heterocycles. The third-order valence-corrected chi connectivity index (χ3v) is 5.60. The monoisotopic (exact) mass is 388 g/mol. The number of hydrogen-bond donors (Lipinski definition) is 1. The molecule has 0 saturated heterocycles. The molecule has 0 atom stereocenters. The summed E-state index contributed by atoms with van der Waals surface area (Å²) in [5.74, 6) is -0.232. The minimum Gasteiger partial charge on any atom is -0.347 e. The van der Waals surface area contributed by atoms with Gasteiger partial charge in [-0.1, -0.05) is 54.1 Å². The Balaban J connectivity index is 1.70. The van der Waals surface area contributed by atoms with Gasteiger partial charge in [0.15, 0.2) is 0 Å². The highest BCUT2D eigenvalue weighted by molar-refractivity contribution is 7.09. The summed E-state index contributed by atoms with van der Waals surface area (Å²) in [5.41, 5.74) is 3.22. The van der Waals surface area contributed by atoms with Crippen LogP contribution in [0.2, 0.25) is 0 Å². The van der Waals surface area contributed by atoms with Crippen LogP contribution in [0.1, 0.15) is 26.4 Å². The predicted octanol–water partition coefficient (Wildman–Crippen LogP) is 4.35. The quantitative estimate of drug-likeness (QED) is 0.553. The van der Waals surface area contributed by atoms with Gasteiger partial charge in [-0.15, -0.1) is 11.3 Å². The topological polar surface area (TPSA) is 51.1 Å². The summed E-state index contributed by atoms with van der Waals surface area (Å²) in [6.45, 7) is 2.96. The van der Waals surface area contributed by atoms with Crippen molar-refractivity contribution in [1.82, 2.24) is 9.88 Å². The summed E-state index contributed by atoms with van der Waals surface area (Å²) in [6.07, 6.45) is 0. The Kier molecular flexibility index (Phi) is 5.08. The number of amides is 1. The van der Waals surface area contributed by atoms with Crippen molar-refractivity contribution in [3.8, 4) is 0 Å². The highest BCUT2D eigenvalue weighted by atomic mass is 32.1. The number of rotatable bonds is 5. The molecule has 2 aromatic heterocycles. The first-order valence-electron chi connectivity index (χ1n) is 9.10. The van der Waals surface area contributed by atoms with Crippen LogP contribution in [0.5, 0.6) is 0 Å². The van der Waals surface area contributed by atoms with E-state index in [0.29, 0.717) is 18.7 Å². The fourth-order valence-corrected chi connectivity index (χ4v) is 3.88. The van der Waals surface area contributed by atoms with Crippen LogP contribution in [-0.2, 0) is 13.1 Å². The van der Waals surface area contributed by atoms with Gasteiger partial charge < -0.3 is 9.88 Å². The first-order chi connectivity index (χ1) is 13.6. The van der Waals surface area contributed by atoms with Gasteiger partial charge in [-0.05, 0) is 30.0 Å². The molecule has 0 spiro atoms. The normalized spacial score (nSPS) is 10.9. The van der Waals surface area contributed by atoms with Crippen LogP contribution in [0.4, 0.5) is 0 Å². The Hall–Kier alpha value is -3.18.